The summed E-state index contributed by atoms with van der Waals surface area (Å²) in [6.07, 6.45) is -1.75. The van der Waals surface area contributed by atoms with Crippen LogP contribution >= 0.6 is 0 Å². The molecule has 0 aliphatic heterocycles. The maximum Gasteiger partial charge on any atom is 0.422 e. The molecule has 0 radical (unpaired) electrons. The van der Waals surface area contributed by atoms with Gasteiger partial charge in [0.05, 0.1) is 17.4 Å². The molecule has 0 N–H and O–H groups in total. The van der Waals surface area contributed by atoms with E-state index in [-0.39, 0.29) is 28.3 Å². The molecule has 0 saturated carbocycles. The molecule has 5 rings (SSSR count). The van der Waals surface area contributed by atoms with Crippen LogP contribution in [-0.2, 0) is 7.05 Å². The number of alkyl halides is 5. The van der Waals surface area contributed by atoms with Crippen molar-refractivity contribution in [3.8, 4) is 28.7 Å². The van der Waals surface area contributed by atoms with E-state index in [4.69, 9.17) is 0 Å². The molecule has 190 valence electrons. The third-order valence-corrected chi connectivity index (χ3v) is 5.16. The monoisotopic (exact) mass is 518 g/mol. The fourth-order valence-electron chi connectivity index (χ4n) is 3.68. The van der Waals surface area contributed by atoms with E-state index in [1.807, 2.05) is 0 Å². The molecule has 3 aromatic heterocycles. The van der Waals surface area contributed by atoms with Gasteiger partial charge in [0.2, 0.25) is 0 Å². The number of ether oxygens (including phenoxy) is 2. The summed E-state index contributed by atoms with van der Waals surface area (Å²) in [5.41, 5.74) is 0.563. The van der Waals surface area contributed by atoms with E-state index in [2.05, 4.69) is 29.5 Å². The van der Waals surface area contributed by atoms with E-state index in [1.165, 1.54) is 24.3 Å². The predicted molar refractivity (Wildman–Crippen MR) is 121 cm³/mol. The predicted octanol–water partition coefficient (Wildman–Crippen LogP) is 4.27. The molecule has 0 fully saturated rings. The molecule has 5 aromatic rings. The van der Waals surface area contributed by atoms with E-state index in [0.717, 1.165) is 16.2 Å². The summed E-state index contributed by atoms with van der Waals surface area (Å²) >= 11 is 0. The molecule has 0 amide bonds. The van der Waals surface area contributed by atoms with Crippen LogP contribution in [-0.4, -0.2) is 48.7 Å². The fourth-order valence-corrected chi connectivity index (χ4v) is 3.68. The number of hydrogen-bond acceptors (Lipinski definition) is 7. The molecule has 0 unspecified atom stereocenters. The number of rotatable bonds is 6. The SMILES string of the molecule is Cn1cc2cc(-c3nc4cnc(OCC(F)(F)F)nc4n(-c4ccc(OC(F)F)cc4)c3=O)ccc2n1. The van der Waals surface area contributed by atoms with Crippen LogP contribution in [0.2, 0.25) is 0 Å². The van der Waals surface area contributed by atoms with Crippen molar-refractivity contribution in [2.75, 3.05) is 6.61 Å². The van der Waals surface area contributed by atoms with Gasteiger partial charge in [0, 0.05) is 24.2 Å². The molecule has 9 nitrogen and oxygen atoms in total. The first kappa shape index (κ1) is 24.1. The lowest BCUT2D eigenvalue weighted by atomic mass is 10.1. The Hall–Kier alpha value is -4.62. The minimum Gasteiger partial charge on any atom is -0.454 e. The third kappa shape index (κ3) is 5.03. The molecular formula is C23H15F5N6O3. The molecular weight excluding hydrogens is 503 g/mol. The lowest BCUT2D eigenvalue weighted by Gasteiger charge is -2.14. The van der Waals surface area contributed by atoms with Gasteiger partial charge in [-0.2, -0.15) is 32.0 Å². The summed E-state index contributed by atoms with van der Waals surface area (Å²) in [7, 11) is 1.75. The standard InChI is InChI=1S/C23H15F5N6O3/c1-33-10-13-8-12(2-7-16(13)32-33)18-20(35)34(14-3-5-15(6-4-14)37-21(24)25)19-17(30-18)9-29-22(31-19)36-11-23(26,27)28/h2-10,21H,11H2,1H3. The Bertz CT molecular complexity index is 1660. The molecule has 0 bridgehead atoms. The van der Waals surface area contributed by atoms with E-state index >= 15 is 0 Å². The van der Waals surface area contributed by atoms with Gasteiger partial charge in [-0.1, -0.05) is 6.07 Å². The molecule has 0 spiro atoms. The summed E-state index contributed by atoms with van der Waals surface area (Å²) in [4.78, 5) is 25.8. The Morgan fingerprint density at radius 1 is 1.03 bits per heavy atom. The molecule has 37 heavy (non-hydrogen) atoms. The molecule has 2 aromatic carbocycles. The highest BCUT2D eigenvalue weighted by molar-refractivity contribution is 5.84. The van der Waals surface area contributed by atoms with Gasteiger partial charge < -0.3 is 9.47 Å². The van der Waals surface area contributed by atoms with Crippen LogP contribution in [0.15, 0.2) is 59.7 Å². The second kappa shape index (κ2) is 9.11. The minimum absolute atomic E-state index is 0.00119. The van der Waals surface area contributed by atoms with Crippen LogP contribution in [0.1, 0.15) is 0 Å². The van der Waals surface area contributed by atoms with Crippen molar-refractivity contribution in [3.63, 3.8) is 0 Å². The van der Waals surface area contributed by atoms with E-state index < -0.39 is 31.0 Å². The molecule has 0 aliphatic carbocycles. The van der Waals surface area contributed by atoms with Crippen molar-refractivity contribution >= 4 is 22.1 Å². The molecule has 0 atom stereocenters. The third-order valence-electron chi connectivity index (χ3n) is 5.16. The van der Waals surface area contributed by atoms with Crippen molar-refractivity contribution in [1.82, 2.24) is 29.3 Å². The van der Waals surface area contributed by atoms with Gasteiger partial charge in [0.15, 0.2) is 12.3 Å². The summed E-state index contributed by atoms with van der Waals surface area (Å²) in [6, 6.07) is 9.52. The fraction of sp³-hybridized carbons (Fsp3) is 0.174. The van der Waals surface area contributed by atoms with Crippen LogP contribution in [0.5, 0.6) is 11.8 Å². The summed E-state index contributed by atoms with van der Waals surface area (Å²) in [5, 5.41) is 5.04. The van der Waals surface area contributed by atoms with E-state index in [0.29, 0.717) is 11.1 Å². The van der Waals surface area contributed by atoms with Gasteiger partial charge in [-0.3, -0.25) is 14.0 Å². The molecule has 0 saturated heterocycles. The summed E-state index contributed by atoms with van der Waals surface area (Å²) in [6.45, 7) is -4.69. The topological polar surface area (TPSA) is 97.0 Å². The highest BCUT2D eigenvalue weighted by Gasteiger charge is 2.29. The van der Waals surface area contributed by atoms with Crippen LogP contribution in [0.4, 0.5) is 22.0 Å². The number of nitrogens with zero attached hydrogens (tertiary/aromatic N) is 6. The van der Waals surface area contributed by atoms with Gasteiger partial charge in [-0.25, -0.2) is 9.97 Å². The van der Waals surface area contributed by atoms with Crippen molar-refractivity contribution in [3.05, 3.63) is 65.2 Å². The van der Waals surface area contributed by atoms with Crippen LogP contribution in [0.25, 0.3) is 39.0 Å². The number of halogens is 5. The molecule has 3 heterocycles. The quantitative estimate of drug-likeness (QED) is 0.310. The first-order valence-corrected chi connectivity index (χ1v) is 10.6. The van der Waals surface area contributed by atoms with Gasteiger partial charge in [-0.15, -0.1) is 0 Å². The highest BCUT2D eigenvalue weighted by Crippen LogP contribution is 2.25. The van der Waals surface area contributed by atoms with Gasteiger partial charge in [-0.05, 0) is 36.4 Å². The highest BCUT2D eigenvalue weighted by atomic mass is 19.4. The van der Waals surface area contributed by atoms with Crippen LogP contribution in [0, 0.1) is 0 Å². The zero-order chi connectivity index (χ0) is 26.3. The Labute approximate surface area is 203 Å². The Morgan fingerprint density at radius 2 is 1.78 bits per heavy atom. The first-order valence-electron chi connectivity index (χ1n) is 10.6. The average Bonchev–Trinajstić information content (AvgIpc) is 3.21. The van der Waals surface area contributed by atoms with E-state index in [9.17, 15) is 26.7 Å². The normalized spacial score (nSPS) is 12.0. The Balaban J connectivity index is 1.69. The van der Waals surface area contributed by atoms with Crippen molar-refractivity contribution in [2.24, 2.45) is 7.05 Å². The maximum absolute atomic E-state index is 13.7. The maximum atomic E-state index is 13.7. The first-order chi connectivity index (χ1) is 17.6. The number of aromatic nitrogens is 6. The minimum atomic E-state index is -4.63. The van der Waals surface area contributed by atoms with Gasteiger partial charge in [0.1, 0.15) is 17.0 Å². The van der Waals surface area contributed by atoms with Crippen LogP contribution < -0.4 is 15.0 Å². The second-order valence-corrected chi connectivity index (χ2v) is 7.82. The number of benzene rings is 2. The number of fused-ring (bicyclic) bond motifs is 2. The largest absolute Gasteiger partial charge is 0.454 e. The van der Waals surface area contributed by atoms with E-state index in [1.54, 1.807) is 36.1 Å². The molecule has 14 heteroatoms. The van der Waals surface area contributed by atoms with Crippen molar-refractivity contribution in [2.45, 2.75) is 12.8 Å². The molecule has 0 aliphatic rings. The smallest absolute Gasteiger partial charge is 0.422 e. The average molecular weight is 518 g/mol. The van der Waals surface area contributed by atoms with Crippen LogP contribution in [0.3, 0.4) is 0 Å². The Kier molecular flexibility index (Phi) is 5.93. The second-order valence-electron chi connectivity index (χ2n) is 7.82. The number of hydrogen-bond donors (Lipinski definition) is 0. The zero-order valence-electron chi connectivity index (χ0n) is 18.8. The Morgan fingerprint density at radius 3 is 2.49 bits per heavy atom. The van der Waals surface area contributed by atoms with Gasteiger partial charge >= 0.3 is 18.8 Å². The summed E-state index contributed by atoms with van der Waals surface area (Å²) < 4.78 is 74.7. The van der Waals surface area contributed by atoms with Gasteiger partial charge in [0.25, 0.3) is 5.56 Å². The number of aryl methyl sites for hydroxylation is 1. The zero-order valence-corrected chi connectivity index (χ0v) is 18.8. The lowest BCUT2D eigenvalue weighted by molar-refractivity contribution is -0.154. The summed E-state index contributed by atoms with van der Waals surface area (Å²) in [5.74, 6) is -0.156. The van der Waals surface area contributed by atoms with Crippen molar-refractivity contribution in [1.29, 1.82) is 0 Å². The lowest BCUT2D eigenvalue weighted by Crippen LogP contribution is -2.24. The van der Waals surface area contributed by atoms with Crippen molar-refractivity contribution < 1.29 is 31.4 Å².